The first kappa shape index (κ1) is 41.2. The van der Waals surface area contributed by atoms with E-state index in [9.17, 15) is 19.5 Å². The summed E-state index contributed by atoms with van der Waals surface area (Å²) in [4.78, 5) is 51.2. The second-order valence-corrected chi connectivity index (χ2v) is 16.7. The number of hydrogen-bond acceptors (Lipinski definition) is 11. The molecule has 7 rings (SSSR count). The molecule has 3 aromatic rings. The Morgan fingerprint density at radius 2 is 1.66 bits per heavy atom. The Labute approximate surface area is 344 Å². The highest BCUT2D eigenvalue weighted by Crippen LogP contribution is 2.34. The molecule has 0 spiro atoms. The molecule has 2 unspecified atom stereocenters. The number of aliphatic hydroxyl groups is 1. The maximum Gasteiger partial charge on any atom is 0.271 e. The Bertz CT molecular complexity index is 1940. The molecule has 0 radical (unpaired) electrons. The van der Waals surface area contributed by atoms with Crippen LogP contribution in [0.1, 0.15) is 104 Å². The number of nitrogens with one attached hydrogen (secondary N) is 3. The maximum atomic E-state index is 13.0. The fraction of sp³-hybridized carbons (Fsp3) is 0.535. The molecule has 15 heteroatoms. The van der Waals surface area contributed by atoms with Crippen molar-refractivity contribution in [3.05, 3.63) is 76.7 Å². The second kappa shape index (κ2) is 18.7. The van der Waals surface area contributed by atoms with Crippen LogP contribution in [0.25, 0.3) is 0 Å². The predicted molar refractivity (Wildman–Crippen MR) is 218 cm³/mol. The average molecular weight is 813 g/mol. The standard InChI is InChI=1S/C43H53ClN8O6/c1-26(2)52(31-19-35(20-31)58-32-8-3-28(4-9-32)41(54)49-37-13-14-40(53)50-42(37)55)25-27-15-17-51(18-16-27)39-24-46-38(23-47-39)43(56)48-30-6-11-33(12-7-30)57-34-10-5-29(22-45)36(44)21-34/h3-5,8-10,21,23-24,26-27,30-31,33,35,37,42,55H,6-7,11-20,25H2,1-2H3,(H,48,56)(H,49,54)(H,50,53). The molecule has 1 aromatic heterocycles. The van der Waals surface area contributed by atoms with Crippen LogP contribution in [-0.4, -0.2) is 99.9 Å². The minimum absolute atomic E-state index is 0.0262. The molecule has 2 aliphatic carbocycles. The normalized spacial score (nSPS) is 25.0. The molecule has 3 heterocycles. The van der Waals surface area contributed by atoms with Crippen LogP contribution in [0.2, 0.25) is 5.02 Å². The van der Waals surface area contributed by atoms with Crippen molar-refractivity contribution in [1.29, 1.82) is 5.26 Å². The number of piperidine rings is 2. The Morgan fingerprint density at radius 1 is 0.948 bits per heavy atom. The zero-order valence-corrected chi connectivity index (χ0v) is 33.9. The molecule has 2 saturated carbocycles. The van der Waals surface area contributed by atoms with Gasteiger partial charge in [-0.2, -0.15) is 5.26 Å². The summed E-state index contributed by atoms with van der Waals surface area (Å²) in [6.07, 6.45) is 10.2. The van der Waals surface area contributed by atoms with Gasteiger partial charge in [0.1, 0.15) is 41.4 Å². The number of carbonyl (C=O) groups excluding carboxylic acids is 3. The van der Waals surface area contributed by atoms with E-state index < -0.39 is 12.3 Å². The Hall–Kier alpha value is -4.97. The minimum atomic E-state index is -1.09. The Kier molecular flexibility index (Phi) is 13.3. The number of halogens is 1. The lowest BCUT2D eigenvalue weighted by molar-refractivity contribution is -0.127. The molecule has 2 saturated heterocycles. The van der Waals surface area contributed by atoms with Crippen molar-refractivity contribution in [2.24, 2.45) is 5.92 Å². The molecule has 2 aliphatic heterocycles. The van der Waals surface area contributed by atoms with Crippen LogP contribution in [0.3, 0.4) is 0 Å². The van der Waals surface area contributed by atoms with Gasteiger partial charge >= 0.3 is 0 Å². The zero-order valence-electron chi connectivity index (χ0n) is 33.1. The summed E-state index contributed by atoms with van der Waals surface area (Å²) in [5.41, 5.74) is 1.20. The topological polar surface area (TPSA) is 182 Å². The van der Waals surface area contributed by atoms with Gasteiger partial charge in [0.2, 0.25) is 5.91 Å². The van der Waals surface area contributed by atoms with Crippen molar-refractivity contribution in [3.8, 4) is 17.6 Å². The quantitative estimate of drug-likeness (QED) is 0.183. The van der Waals surface area contributed by atoms with E-state index >= 15 is 0 Å². The summed E-state index contributed by atoms with van der Waals surface area (Å²) < 4.78 is 12.3. The highest BCUT2D eigenvalue weighted by atomic mass is 35.5. The largest absolute Gasteiger partial charge is 0.490 e. The van der Waals surface area contributed by atoms with Gasteiger partial charge in [-0.05, 0) is 101 Å². The van der Waals surface area contributed by atoms with Crippen LogP contribution in [0.15, 0.2) is 54.9 Å². The molecular weight excluding hydrogens is 760 g/mol. The molecule has 2 aromatic carbocycles. The number of aromatic nitrogens is 2. The van der Waals surface area contributed by atoms with Crippen molar-refractivity contribution in [3.63, 3.8) is 0 Å². The fourth-order valence-corrected chi connectivity index (χ4v) is 8.64. The van der Waals surface area contributed by atoms with Gasteiger partial charge < -0.3 is 35.4 Å². The fourth-order valence-electron chi connectivity index (χ4n) is 8.43. The molecular formula is C43H53ClN8O6. The van der Waals surface area contributed by atoms with E-state index in [1.165, 1.54) is 0 Å². The van der Waals surface area contributed by atoms with Gasteiger partial charge in [-0.15, -0.1) is 0 Å². The number of amides is 3. The smallest absolute Gasteiger partial charge is 0.271 e. The summed E-state index contributed by atoms with van der Waals surface area (Å²) in [5.74, 6) is 2.00. The van der Waals surface area contributed by atoms with Gasteiger partial charge in [0.05, 0.1) is 35.1 Å². The second-order valence-electron chi connectivity index (χ2n) is 16.3. The van der Waals surface area contributed by atoms with Gasteiger partial charge in [-0.1, -0.05) is 11.6 Å². The van der Waals surface area contributed by atoms with Gasteiger partial charge in [0.15, 0.2) is 0 Å². The number of rotatable bonds is 13. The highest BCUT2D eigenvalue weighted by molar-refractivity contribution is 6.31. The number of hydrogen-bond donors (Lipinski definition) is 4. The number of nitriles is 1. The average Bonchev–Trinajstić information content (AvgIpc) is 3.20. The van der Waals surface area contributed by atoms with Crippen molar-refractivity contribution in [2.75, 3.05) is 24.5 Å². The van der Waals surface area contributed by atoms with E-state index in [-0.39, 0.29) is 42.4 Å². The molecule has 3 amide bonds. The third-order valence-corrected chi connectivity index (χ3v) is 12.3. The lowest BCUT2D eigenvalue weighted by atomic mass is 9.85. The van der Waals surface area contributed by atoms with E-state index in [1.54, 1.807) is 42.7 Å². The van der Waals surface area contributed by atoms with Crippen molar-refractivity contribution < 1.29 is 29.0 Å². The summed E-state index contributed by atoms with van der Waals surface area (Å²) >= 11 is 6.15. The zero-order chi connectivity index (χ0) is 40.8. The SMILES string of the molecule is CC(C)N(CC1CCN(c2cnc(C(=O)NC3CCC(Oc4ccc(C#N)c(Cl)c4)CC3)cn2)CC1)C1CC(Oc2ccc(C(=O)NC3CCC(=O)NC3O)cc2)C1. The molecule has 14 nitrogen and oxygen atoms in total. The van der Waals surface area contributed by atoms with E-state index in [4.69, 9.17) is 26.3 Å². The molecule has 2 atom stereocenters. The first-order valence-corrected chi connectivity index (χ1v) is 20.9. The molecule has 4 aliphatic rings. The van der Waals surface area contributed by atoms with E-state index in [2.05, 4.69) is 55.6 Å². The number of carbonyl (C=O) groups is 3. The molecule has 4 N–H and O–H groups in total. The maximum absolute atomic E-state index is 13.0. The first-order valence-electron chi connectivity index (χ1n) is 20.6. The van der Waals surface area contributed by atoms with E-state index in [1.807, 2.05) is 12.1 Å². The van der Waals surface area contributed by atoms with Gasteiger partial charge in [-0.25, -0.2) is 9.97 Å². The number of ether oxygens (including phenoxy) is 2. The third-order valence-electron chi connectivity index (χ3n) is 12.0. The van der Waals surface area contributed by atoms with Crippen molar-refractivity contribution >= 4 is 35.1 Å². The Balaban J connectivity index is 0.800. The van der Waals surface area contributed by atoms with Crippen LogP contribution >= 0.6 is 11.6 Å². The van der Waals surface area contributed by atoms with Crippen LogP contribution in [-0.2, 0) is 4.79 Å². The first-order chi connectivity index (χ1) is 28.0. The van der Waals surface area contributed by atoms with Crippen molar-refractivity contribution in [2.45, 2.75) is 121 Å². The monoisotopic (exact) mass is 812 g/mol. The predicted octanol–water partition coefficient (Wildman–Crippen LogP) is 4.99. The Morgan fingerprint density at radius 3 is 2.29 bits per heavy atom. The van der Waals surface area contributed by atoms with Crippen LogP contribution in [0, 0.1) is 17.2 Å². The van der Waals surface area contributed by atoms with Crippen LogP contribution in [0.5, 0.6) is 11.5 Å². The third kappa shape index (κ3) is 10.4. The highest BCUT2D eigenvalue weighted by Gasteiger charge is 2.38. The minimum Gasteiger partial charge on any atom is -0.490 e. The summed E-state index contributed by atoms with van der Waals surface area (Å²) in [5, 5.41) is 27.9. The van der Waals surface area contributed by atoms with E-state index in [0.717, 1.165) is 82.6 Å². The molecule has 308 valence electrons. The van der Waals surface area contributed by atoms with Crippen LogP contribution < -0.4 is 30.3 Å². The molecule has 4 fully saturated rings. The molecule has 58 heavy (non-hydrogen) atoms. The number of aliphatic hydroxyl groups excluding tert-OH is 1. The van der Waals surface area contributed by atoms with Gasteiger partial charge in [0.25, 0.3) is 11.8 Å². The number of anilines is 1. The lowest BCUT2D eigenvalue weighted by Crippen LogP contribution is -2.55. The lowest BCUT2D eigenvalue weighted by Gasteiger charge is -2.46. The summed E-state index contributed by atoms with van der Waals surface area (Å²) in [7, 11) is 0. The van der Waals surface area contributed by atoms with Crippen LogP contribution in [0.4, 0.5) is 5.82 Å². The van der Waals surface area contributed by atoms with Gasteiger partial charge in [0, 0.05) is 68.7 Å². The summed E-state index contributed by atoms with van der Waals surface area (Å²) in [6.45, 7) is 7.33. The number of nitrogens with zero attached hydrogens (tertiary/aromatic N) is 5. The summed E-state index contributed by atoms with van der Waals surface area (Å²) in [6, 6.07) is 14.6. The van der Waals surface area contributed by atoms with Crippen molar-refractivity contribution in [1.82, 2.24) is 30.8 Å². The number of benzene rings is 2. The van der Waals surface area contributed by atoms with E-state index in [0.29, 0.717) is 52.0 Å². The van der Waals surface area contributed by atoms with Gasteiger partial charge in [-0.3, -0.25) is 19.3 Å². The molecule has 0 bridgehead atoms.